The van der Waals surface area contributed by atoms with E-state index in [0.717, 1.165) is 24.1 Å². The van der Waals surface area contributed by atoms with Gasteiger partial charge in [0.1, 0.15) is 0 Å². The van der Waals surface area contributed by atoms with Gasteiger partial charge in [-0.15, -0.1) is 0 Å². The standard InChI is InChI=1S/C15H21F2N/c1-4-8-18-12(3)11(2)9-13-6-5-7-14(10-13)15(16)17/h5-7,9-10,12,15,18H,4,8H2,1-3H3/b11-9+. The summed E-state index contributed by atoms with van der Waals surface area (Å²) in [7, 11) is 0. The van der Waals surface area contributed by atoms with Crippen molar-refractivity contribution in [2.75, 3.05) is 6.54 Å². The van der Waals surface area contributed by atoms with Crippen molar-refractivity contribution in [2.24, 2.45) is 0 Å². The minimum atomic E-state index is -2.41. The van der Waals surface area contributed by atoms with Crippen molar-refractivity contribution in [3.8, 4) is 0 Å². The fourth-order valence-corrected chi connectivity index (χ4v) is 1.69. The number of benzene rings is 1. The first kappa shape index (κ1) is 14.8. The molecule has 0 aliphatic carbocycles. The molecule has 0 bridgehead atoms. The predicted octanol–water partition coefficient (Wildman–Crippen LogP) is 4.42. The number of halogens is 2. The Hall–Kier alpha value is -1.22. The number of rotatable bonds is 6. The monoisotopic (exact) mass is 253 g/mol. The molecule has 0 aliphatic heterocycles. The molecule has 100 valence electrons. The third kappa shape index (κ3) is 4.57. The average molecular weight is 253 g/mol. The Morgan fingerprint density at radius 2 is 2.11 bits per heavy atom. The molecule has 1 rings (SSSR count). The molecule has 0 aromatic heterocycles. The lowest BCUT2D eigenvalue weighted by Gasteiger charge is -2.14. The lowest BCUT2D eigenvalue weighted by molar-refractivity contribution is 0.151. The summed E-state index contributed by atoms with van der Waals surface area (Å²) in [4.78, 5) is 0. The maximum atomic E-state index is 12.6. The molecule has 1 aromatic carbocycles. The van der Waals surface area contributed by atoms with Gasteiger partial charge in [-0.2, -0.15) is 0 Å². The fourth-order valence-electron chi connectivity index (χ4n) is 1.69. The molecule has 1 atom stereocenters. The number of nitrogens with one attached hydrogen (secondary N) is 1. The van der Waals surface area contributed by atoms with E-state index in [1.54, 1.807) is 12.1 Å². The van der Waals surface area contributed by atoms with Crippen LogP contribution in [0.2, 0.25) is 0 Å². The Morgan fingerprint density at radius 3 is 2.72 bits per heavy atom. The van der Waals surface area contributed by atoms with Crippen molar-refractivity contribution in [2.45, 2.75) is 39.7 Å². The van der Waals surface area contributed by atoms with Gasteiger partial charge in [0.25, 0.3) is 6.43 Å². The molecule has 0 amide bonds. The summed E-state index contributed by atoms with van der Waals surface area (Å²) >= 11 is 0. The van der Waals surface area contributed by atoms with Crippen LogP contribution in [0.1, 0.15) is 44.7 Å². The summed E-state index contributed by atoms with van der Waals surface area (Å²) < 4.78 is 25.2. The summed E-state index contributed by atoms with van der Waals surface area (Å²) in [5.41, 5.74) is 2.05. The van der Waals surface area contributed by atoms with Crippen LogP contribution >= 0.6 is 0 Å². The molecule has 0 heterocycles. The van der Waals surface area contributed by atoms with Crippen LogP contribution in [0.25, 0.3) is 6.08 Å². The molecular formula is C15H21F2N. The lowest BCUT2D eigenvalue weighted by Crippen LogP contribution is -2.27. The second-order valence-electron chi connectivity index (χ2n) is 4.53. The van der Waals surface area contributed by atoms with Gasteiger partial charge in [-0.3, -0.25) is 0 Å². The first-order chi connectivity index (χ1) is 8.54. The Labute approximate surface area is 108 Å². The molecule has 0 saturated carbocycles. The molecule has 1 nitrogen and oxygen atoms in total. The second-order valence-corrected chi connectivity index (χ2v) is 4.53. The molecule has 0 aliphatic rings. The zero-order valence-corrected chi connectivity index (χ0v) is 11.2. The molecule has 18 heavy (non-hydrogen) atoms. The van der Waals surface area contributed by atoms with Crippen molar-refractivity contribution in [1.29, 1.82) is 0 Å². The van der Waals surface area contributed by atoms with Gasteiger partial charge in [0.2, 0.25) is 0 Å². The third-order valence-corrected chi connectivity index (χ3v) is 2.94. The van der Waals surface area contributed by atoms with Crippen molar-refractivity contribution < 1.29 is 8.78 Å². The van der Waals surface area contributed by atoms with Gasteiger partial charge in [0, 0.05) is 11.6 Å². The molecule has 1 aromatic rings. The largest absolute Gasteiger partial charge is 0.311 e. The minimum Gasteiger partial charge on any atom is -0.311 e. The van der Waals surface area contributed by atoms with Crippen LogP contribution < -0.4 is 5.32 Å². The van der Waals surface area contributed by atoms with E-state index in [9.17, 15) is 8.78 Å². The van der Waals surface area contributed by atoms with Crippen LogP contribution in [0.3, 0.4) is 0 Å². The Balaban J connectivity index is 2.78. The summed E-state index contributed by atoms with van der Waals surface area (Å²) in [6.45, 7) is 7.18. The van der Waals surface area contributed by atoms with E-state index < -0.39 is 6.43 Å². The number of hydrogen-bond acceptors (Lipinski definition) is 1. The molecular weight excluding hydrogens is 232 g/mol. The Kier molecular flexibility index (Phi) is 5.99. The van der Waals surface area contributed by atoms with Crippen LogP contribution in [0.15, 0.2) is 29.8 Å². The van der Waals surface area contributed by atoms with Crippen LogP contribution in [0, 0.1) is 0 Å². The Morgan fingerprint density at radius 1 is 1.39 bits per heavy atom. The van der Waals surface area contributed by atoms with E-state index in [4.69, 9.17) is 0 Å². The summed E-state index contributed by atoms with van der Waals surface area (Å²) in [6, 6.07) is 6.78. The molecule has 1 unspecified atom stereocenters. The fraction of sp³-hybridized carbons (Fsp3) is 0.467. The SMILES string of the molecule is CCCNC(C)/C(C)=C/c1cccc(C(F)F)c1. The second kappa shape index (κ2) is 7.27. The number of hydrogen-bond donors (Lipinski definition) is 1. The van der Waals surface area contributed by atoms with Crippen molar-refractivity contribution in [1.82, 2.24) is 5.32 Å². The van der Waals surface area contributed by atoms with Gasteiger partial charge in [0.15, 0.2) is 0 Å². The predicted molar refractivity (Wildman–Crippen MR) is 72.8 cm³/mol. The molecule has 0 saturated heterocycles. The highest BCUT2D eigenvalue weighted by Crippen LogP contribution is 2.20. The van der Waals surface area contributed by atoms with Crippen LogP contribution in [-0.4, -0.2) is 12.6 Å². The lowest BCUT2D eigenvalue weighted by atomic mass is 10.0. The third-order valence-electron chi connectivity index (χ3n) is 2.94. The van der Waals surface area contributed by atoms with Crippen LogP contribution in [-0.2, 0) is 0 Å². The van der Waals surface area contributed by atoms with E-state index in [0.29, 0.717) is 0 Å². The molecule has 1 N–H and O–H groups in total. The quantitative estimate of drug-likeness (QED) is 0.791. The van der Waals surface area contributed by atoms with Gasteiger partial charge in [-0.1, -0.05) is 36.8 Å². The van der Waals surface area contributed by atoms with Gasteiger partial charge < -0.3 is 5.32 Å². The van der Waals surface area contributed by atoms with Crippen molar-refractivity contribution in [3.05, 3.63) is 41.0 Å². The average Bonchev–Trinajstić information content (AvgIpc) is 2.36. The summed E-state index contributed by atoms with van der Waals surface area (Å²) in [6.07, 6.45) is 0.631. The van der Waals surface area contributed by atoms with Gasteiger partial charge in [-0.05, 0) is 38.4 Å². The van der Waals surface area contributed by atoms with Crippen LogP contribution in [0.4, 0.5) is 8.78 Å². The first-order valence-corrected chi connectivity index (χ1v) is 6.34. The Bertz CT molecular complexity index is 399. The molecule has 0 spiro atoms. The maximum absolute atomic E-state index is 12.6. The van der Waals surface area contributed by atoms with E-state index in [1.165, 1.54) is 6.07 Å². The number of alkyl halides is 2. The molecule has 0 fully saturated rings. The van der Waals surface area contributed by atoms with Gasteiger partial charge in [-0.25, -0.2) is 8.78 Å². The normalized spacial score (nSPS) is 14.0. The molecule has 3 heteroatoms. The van der Waals surface area contributed by atoms with E-state index in [-0.39, 0.29) is 11.6 Å². The summed E-state index contributed by atoms with van der Waals surface area (Å²) in [5, 5.41) is 3.37. The van der Waals surface area contributed by atoms with Gasteiger partial charge in [0.05, 0.1) is 0 Å². The zero-order chi connectivity index (χ0) is 13.5. The van der Waals surface area contributed by atoms with Crippen LogP contribution in [0.5, 0.6) is 0 Å². The first-order valence-electron chi connectivity index (χ1n) is 6.34. The molecule has 0 radical (unpaired) electrons. The van der Waals surface area contributed by atoms with Crippen molar-refractivity contribution in [3.63, 3.8) is 0 Å². The van der Waals surface area contributed by atoms with Crippen molar-refractivity contribution >= 4 is 6.08 Å². The highest BCUT2D eigenvalue weighted by Gasteiger charge is 2.07. The maximum Gasteiger partial charge on any atom is 0.263 e. The van der Waals surface area contributed by atoms with Gasteiger partial charge >= 0.3 is 0 Å². The zero-order valence-electron chi connectivity index (χ0n) is 11.2. The van der Waals surface area contributed by atoms with E-state index in [1.807, 2.05) is 19.1 Å². The highest BCUT2D eigenvalue weighted by molar-refractivity contribution is 5.54. The topological polar surface area (TPSA) is 12.0 Å². The highest BCUT2D eigenvalue weighted by atomic mass is 19.3. The summed E-state index contributed by atoms with van der Waals surface area (Å²) in [5.74, 6) is 0. The van der Waals surface area contributed by atoms with E-state index in [2.05, 4.69) is 19.2 Å². The minimum absolute atomic E-state index is 0.0747. The smallest absolute Gasteiger partial charge is 0.263 e. The van der Waals surface area contributed by atoms with E-state index >= 15 is 0 Å².